The van der Waals surface area contributed by atoms with Gasteiger partial charge in [0.25, 0.3) is 5.56 Å². The van der Waals surface area contributed by atoms with E-state index in [0.29, 0.717) is 12.1 Å². The van der Waals surface area contributed by atoms with E-state index in [9.17, 15) is 26.7 Å². The Kier molecular flexibility index (Phi) is 4.83. The maximum absolute atomic E-state index is 14.1. The highest BCUT2D eigenvalue weighted by Gasteiger charge is 2.31. The van der Waals surface area contributed by atoms with Crippen LogP contribution in [-0.4, -0.2) is 5.16 Å². The lowest BCUT2D eigenvalue weighted by atomic mass is 10.2. The summed E-state index contributed by atoms with van der Waals surface area (Å²) >= 11 is 5.69. The summed E-state index contributed by atoms with van der Waals surface area (Å²) in [5, 5.41) is 1.43. The number of aromatic amines is 1. The van der Waals surface area contributed by atoms with Gasteiger partial charge in [0.05, 0.1) is 16.7 Å². The maximum Gasteiger partial charge on any atom is 0.416 e. The van der Waals surface area contributed by atoms with Gasteiger partial charge in [-0.25, -0.2) is 8.78 Å². The number of nitrogens with one attached hydrogen (secondary N) is 1. The first-order valence-corrected chi connectivity index (χ1v) is 7.41. The van der Waals surface area contributed by atoms with E-state index < -0.39 is 39.7 Å². The summed E-state index contributed by atoms with van der Waals surface area (Å²) in [6.07, 6.45) is -4.63. The highest BCUT2D eigenvalue weighted by Crippen LogP contribution is 2.38. The van der Waals surface area contributed by atoms with Crippen molar-refractivity contribution in [3.05, 3.63) is 69.0 Å². The molecule has 0 fully saturated rings. The van der Waals surface area contributed by atoms with Crippen LogP contribution in [0.15, 0.2) is 45.7 Å². The predicted octanol–water partition coefficient (Wildman–Crippen LogP) is 5.50. The van der Waals surface area contributed by atoms with E-state index in [0.717, 1.165) is 24.3 Å². The summed E-state index contributed by atoms with van der Waals surface area (Å²) in [5.74, 6) is -4.41. The van der Waals surface area contributed by atoms with E-state index in [4.69, 9.17) is 21.1 Å². The van der Waals surface area contributed by atoms with E-state index in [1.54, 1.807) is 0 Å². The van der Waals surface area contributed by atoms with Crippen LogP contribution in [0.25, 0.3) is 0 Å². The molecule has 0 saturated heterocycles. The number of hydrogen-bond acceptors (Lipinski definition) is 4. The molecule has 2 aromatic carbocycles. The van der Waals surface area contributed by atoms with Crippen LogP contribution in [0.2, 0.25) is 5.02 Å². The maximum atomic E-state index is 14.1. The van der Waals surface area contributed by atoms with Gasteiger partial charge in [-0.3, -0.25) is 4.79 Å². The van der Waals surface area contributed by atoms with Crippen molar-refractivity contribution in [1.29, 1.82) is 0 Å². The van der Waals surface area contributed by atoms with Gasteiger partial charge in [-0.1, -0.05) is 11.6 Å². The van der Waals surface area contributed by atoms with Gasteiger partial charge >= 0.3 is 12.1 Å². The highest BCUT2D eigenvalue weighted by molar-refractivity contribution is 6.32. The number of hydrogen-bond donors (Lipinski definition) is 1. The second-order valence-corrected chi connectivity index (χ2v) is 5.50. The number of aromatic nitrogens is 1. The lowest BCUT2D eigenvalue weighted by molar-refractivity contribution is -0.137. The molecule has 3 aromatic rings. The average Bonchev–Trinajstić information content (AvgIpc) is 2.96. The third kappa shape index (κ3) is 4.22. The summed E-state index contributed by atoms with van der Waals surface area (Å²) in [6.45, 7) is 0. The molecule has 142 valence electrons. The fraction of sp³-hybridized carbons (Fsp3) is 0.0625. The van der Waals surface area contributed by atoms with Crippen LogP contribution in [0.5, 0.6) is 23.2 Å². The standard InChI is InChI=1S/C16H7ClF5NO4/c17-9-3-7(16(20,21)22)1-2-12(9)26-15-10(18)4-8(5-11(15)19)25-14-6-13(24)23-27-14/h1-6H,(H,23,24). The van der Waals surface area contributed by atoms with Crippen LogP contribution < -0.4 is 15.0 Å². The molecule has 11 heteroatoms. The monoisotopic (exact) mass is 407 g/mol. The lowest BCUT2D eigenvalue weighted by Crippen LogP contribution is -2.04. The zero-order valence-electron chi connectivity index (χ0n) is 12.9. The van der Waals surface area contributed by atoms with Gasteiger partial charge in [-0.15, -0.1) is 0 Å². The number of alkyl halides is 3. The molecule has 0 aliphatic heterocycles. The van der Waals surface area contributed by atoms with Crippen molar-refractivity contribution in [1.82, 2.24) is 5.16 Å². The van der Waals surface area contributed by atoms with Crippen molar-refractivity contribution in [3.8, 4) is 23.2 Å². The first-order chi connectivity index (χ1) is 12.6. The van der Waals surface area contributed by atoms with Crippen molar-refractivity contribution in [3.63, 3.8) is 0 Å². The van der Waals surface area contributed by atoms with Crippen LogP contribution >= 0.6 is 11.6 Å². The topological polar surface area (TPSA) is 64.5 Å². The molecular weight excluding hydrogens is 401 g/mol. The van der Waals surface area contributed by atoms with E-state index in [1.165, 1.54) is 0 Å². The van der Waals surface area contributed by atoms with E-state index in [2.05, 4.69) is 4.52 Å². The third-order valence-electron chi connectivity index (χ3n) is 3.16. The summed E-state index contributed by atoms with van der Waals surface area (Å²) in [5.41, 5.74) is -1.67. The van der Waals surface area contributed by atoms with Gasteiger partial charge in [0.15, 0.2) is 17.4 Å². The molecule has 0 radical (unpaired) electrons. The zero-order chi connectivity index (χ0) is 19.8. The Morgan fingerprint density at radius 1 is 1.00 bits per heavy atom. The van der Waals surface area contributed by atoms with Crippen LogP contribution in [0.4, 0.5) is 22.0 Å². The Morgan fingerprint density at radius 3 is 2.19 bits per heavy atom. The van der Waals surface area contributed by atoms with Gasteiger partial charge in [-0.05, 0) is 18.2 Å². The van der Waals surface area contributed by atoms with Crippen LogP contribution in [-0.2, 0) is 6.18 Å². The highest BCUT2D eigenvalue weighted by atomic mass is 35.5. The second-order valence-electron chi connectivity index (χ2n) is 5.09. The Hall–Kier alpha value is -3.01. The van der Waals surface area contributed by atoms with Gasteiger partial charge in [0.1, 0.15) is 11.5 Å². The summed E-state index contributed by atoms with van der Waals surface area (Å²) in [4.78, 5) is 10.9. The van der Waals surface area contributed by atoms with Gasteiger partial charge in [-0.2, -0.15) is 18.3 Å². The van der Waals surface area contributed by atoms with Crippen LogP contribution in [0.3, 0.4) is 0 Å². The SMILES string of the molecule is O=c1cc(Oc2cc(F)c(Oc3ccc(C(F)(F)F)cc3Cl)c(F)c2)o[nH]1. The molecule has 27 heavy (non-hydrogen) atoms. The minimum Gasteiger partial charge on any atom is -0.450 e. The Bertz CT molecular complexity index is 1020. The molecule has 1 heterocycles. The van der Waals surface area contributed by atoms with E-state index >= 15 is 0 Å². The molecule has 5 nitrogen and oxygen atoms in total. The van der Waals surface area contributed by atoms with Gasteiger partial charge in [0, 0.05) is 12.1 Å². The van der Waals surface area contributed by atoms with Crippen LogP contribution in [0.1, 0.15) is 5.56 Å². The van der Waals surface area contributed by atoms with Crippen molar-refractivity contribution >= 4 is 11.6 Å². The molecule has 0 bridgehead atoms. The summed E-state index contributed by atoms with van der Waals surface area (Å²) in [7, 11) is 0. The predicted molar refractivity (Wildman–Crippen MR) is 82.3 cm³/mol. The lowest BCUT2D eigenvalue weighted by Gasteiger charge is -2.12. The molecule has 0 atom stereocenters. The number of halogens is 6. The molecule has 0 spiro atoms. The fourth-order valence-electron chi connectivity index (χ4n) is 2.00. The molecular formula is C16H7ClF5NO4. The molecule has 0 aliphatic carbocycles. The normalized spacial score (nSPS) is 11.5. The minimum absolute atomic E-state index is 0.335. The van der Waals surface area contributed by atoms with Crippen molar-refractivity contribution in [2.24, 2.45) is 0 Å². The first kappa shape index (κ1) is 18.8. The largest absolute Gasteiger partial charge is 0.450 e. The van der Waals surface area contributed by atoms with Gasteiger partial charge < -0.3 is 14.0 Å². The molecule has 1 aromatic heterocycles. The number of H-pyrrole nitrogens is 1. The van der Waals surface area contributed by atoms with Crippen molar-refractivity contribution < 1.29 is 35.9 Å². The molecule has 1 N–H and O–H groups in total. The quantitative estimate of drug-likeness (QED) is 0.580. The molecule has 0 aliphatic rings. The minimum atomic E-state index is -4.63. The fourth-order valence-corrected chi connectivity index (χ4v) is 2.22. The smallest absolute Gasteiger partial charge is 0.416 e. The van der Waals surface area contributed by atoms with Crippen molar-refractivity contribution in [2.45, 2.75) is 6.18 Å². The Labute approximate surface area is 151 Å². The number of benzene rings is 2. The van der Waals surface area contributed by atoms with E-state index in [-0.39, 0.29) is 17.4 Å². The Balaban J connectivity index is 1.86. The van der Waals surface area contributed by atoms with Crippen molar-refractivity contribution in [2.75, 3.05) is 0 Å². The molecule has 0 amide bonds. The Morgan fingerprint density at radius 2 is 1.67 bits per heavy atom. The van der Waals surface area contributed by atoms with Gasteiger partial charge in [0.2, 0.25) is 0 Å². The average molecular weight is 408 g/mol. The van der Waals surface area contributed by atoms with E-state index in [1.807, 2.05) is 5.16 Å². The molecule has 0 unspecified atom stereocenters. The molecule has 3 rings (SSSR count). The second kappa shape index (κ2) is 6.95. The van der Waals surface area contributed by atoms with Crippen LogP contribution in [0, 0.1) is 11.6 Å². The number of ether oxygens (including phenoxy) is 2. The first-order valence-electron chi connectivity index (χ1n) is 7.03. The summed E-state index contributed by atoms with van der Waals surface area (Å²) in [6, 6.07) is 4.42. The number of rotatable bonds is 4. The zero-order valence-corrected chi connectivity index (χ0v) is 13.6. The molecule has 0 saturated carbocycles. The third-order valence-corrected chi connectivity index (χ3v) is 3.46. The summed E-state index contributed by atoms with van der Waals surface area (Å²) < 4.78 is 80.6.